The van der Waals surface area contributed by atoms with Gasteiger partial charge in [-0.1, -0.05) is 0 Å². The Balaban J connectivity index is 1.46. The molecule has 2 aliphatic heterocycles. The topological polar surface area (TPSA) is 44.8 Å². The van der Waals surface area contributed by atoms with Gasteiger partial charge in [-0.25, -0.2) is 9.18 Å². The van der Waals surface area contributed by atoms with Gasteiger partial charge in [-0.3, -0.25) is 0 Å². The third-order valence-corrected chi connectivity index (χ3v) is 4.73. The number of anilines is 1. The number of ether oxygens (including phenoxy) is 1. The van der Waals surface area contributed by atoms with Crippen molar-refractivity contribution < 1.29 is 13.9 Å². The van der Waals surface area contributed by atoms with Crippen molar-refractivity contribution in [1.82, 2.24) is 10.2 Å². The Hall–Kier alpha value is -1.82. The minimum absolute atomic E-state index is 0.00256. The predicted molar refractivity (Wildman–Crippen MR) is 91.7 cm³/mol. The lowest BCUT2D eigenvalue weighted by Crippen LogP contribution is -2.52. The summed E-state index contributed by atoms with van der Waals surface area (Å²) in [5.74, 6) is 0.214. The van der Waals surface area contributed by atoms with E-state index in [1.165, 1.54) is 12.1 Å². The quantitative estimate of drug-likeness (QED) is 0.923. The van der Waals surface area contributed by atoms with E-state index in [1.54, 1.807) is 0 Å². The number of morpholine rings is 1. The standard InChI is InChI=1S/C18H26FN3O2/c1-13-10-22(11-14(2)24-13)18(23)20-9-15-7-8-21(12-15)17-5-3-16(19)4-6-17/h3-6,13-15H,7-12H2,1-2H3,(H,20,23)/t13-,14-,15-/m1/s1. The first-order chi connectivity index (χ1) is 11.5. The van der Waals surface area contributed by atoms with Crippen molar-refractivity contribution in [3.05, 3.63) is 30.1 Å². The van der Waals surface area contributed by atoms with Gasteiger partial charge in [-0.05, 0) is 50.5 Å². The fourth-order valence-electron chi connectivity index (χ4n) is 3.57. The Morgan fingerprint density at radius 1 is 1.21 bits per heavy atom. The van der Waals surface area contributed by atoms with Crippen LogP contribution in [-0.4, -0.2) is 55.9 Å². The van der Waals surface area contributed by atoms with Crippen LogP contribution in [0, 0.1) is 11.7 Å². The van der Waals surface area contributed by atoms with Gasteiger partial charge in [-0.15, -0.1) is 0 Å². The van der Waals surface area contributed by atoms with Gasteiger partial charge in [0.05, 0.1) is 12.2 Å². The molecule has 0 radical (unpaired) electrons. The second kappa shape index (κ2) is 7.38. The van der Waals surface area contributed by atoms with E-state index in [9.17, 15) is 9.18 Å². The first-order valence-electron chi connectivity index (χ1n) is 8.70. The van der Waals surface area contributed by atoms with Crippen LogP contribution in [0.3, 0.4) is 0 Å². The van der Waals surface area contributed by atoms with Crippen LogP contribution in [-0.2, 0) is 4.74 Å². The minimum atomic E-state index is -0.212. The molecular formula is C18H26FN3O2. The summed E-state index contributed by atoms with van der Waals surface area (Å²) in [5.41, 5.74) is 1.04. The zero-order chi connectivity index (χ0) is 17.1. The van der Waals surface area contributed by atoms with Crippen molar-refractivity contribution in [2.75, 3.05) is 37.6 Å². The average Bonchev–Trinajstić information content (AvgIpc) is 3.01. The third-order valence-electron chi connectivity index (χ3n) is 4.73. The number of amides is 2. The van der Waals surface area contributed by atoms with Crippen LogP contribution in [0.4, 0.5) is 14.9 Å². The second-order valence-corrected chi connectivity index (χ2v) is 6.93. The van der Waals surface area contributed by atoms with Crippen molar-refractivity contribution in [1.29, 1.82) is 0 Å². The molecule has 0 aliphatic carbocycles. The molecule has 0 spiro atoms. The molecule has 1 aromatic carbocycles. The van der Waals surface area contributed by atoms with E-state index in [-0.39, 0.29) is 24.1 Å². The molecule has 3 rings (SSSR count). The molecule has 0 saturated carbocycles. The van der Waals surface area contributed by atoms with E-state index in [4.69, 9.17) is 4.74 Å². The molecule has 2 amide bonds. The van der Waals surface area contributed by atoms with Gasteiger partial charge in [0.2, 0.25) is 0 Å². The van der Waals surface area contributed by atoms with Crippen LogP contribution in [0.5, 0.6) is 0 Å². The molecule has 2 aliphatic rings. The molecule has 0 unspecified atom stereocenters. The van der Waals surface area contributed by atoms with Crippen molar-refractivity contribution in [3.8, 4) is 0 Å². The fourth-order valence-corrected chi connectivity index (χ4v) is 3.57. The van der Waals surface area contributed by atoms with Crippen molar-refractivity contribution in [2.24, 2.45) is 5.92 Å². The van der Waals surface area contributed by atoms with E-state index in [0.717, 1.165) is 25.2 Å². The molecule has 0 aromatic heterocycles. The Morgan fingerprint density at radius 2 is 1.88 bits per heavy atom. The van der Waals surface area contributed by atoms with Gasteiger partial charge in [0.1, 0.15) is 5.82 Å². The van der Waals surface area contributed by atoms with E-state index in [2.05, 4.69) is 10.2 Å². The Kier molecular flexibility index (Phi) is 5.23. The van der Waals surface area contributed by atoms with Crippen molar-refractivity contribution in [2.45, 2.75) is 32.5 Å². The van der Waals surface area contributed by atoms with Gasteiger partial charge in [0.25, 0.3) is 0 Å². The number of nitrogens with one attached hydrogen (secondary N) is 1. The fraction of sp³-hybridized carbons (Fsp3) is 0.611. The number of halogens is 1. The lowest BCUT2D eigenvalue weighted by atomic mass is 10.1. The van der Waals surface area contributed by atoms with Gasteiger partial charge < -0.3 is 19.9 Å². The highest BCUT2D eigenvalue weighted by Gasteiger charge is 2.27. The highest BCUT2D eigenvalue weighted by atomic mass is 19.1. The number of carbonyl (C=O) groups excluding carboxylic acids is 1. The molecule has 1 aromatic rings. The largest absolute Gasteiger partial charge is 0.372 e. The molecule has 6 heteroatoms. The monoisotopic (exact) mass is 335 g/mol. The molecule has 3 atom stereocenters. The van der Waals surface area contributed by atoms with Gasteiger partial charge in [-0.2, -0.15) is 0 Å². The molecule has 2 heterocycles. The highest BCUT2D eigenvalue weighted by Crippen LogP contribution is 2.23. The maximum absolute atomic E-state index is 13.0. The number of nitrogens with zero attached hydrogens (tertiary/aromatic N) is 2. The van der Waals surface area contributed by atoms with Crippen LogP contribution in [0.25, 0.3) is 0 Å². The van der Waals surface area contributed by atoms with E-state index < -0.39 is 0 Å². The summed E-state index contributed by atoms with van der Waals surface area (Å²) >= 11 is 0. The number of hydrogen-bond acceptors (Lipinski definition) is 3. The van der Waals surface area contributed by atoms with E-state index in [0.29, 0.717) is 25.6 Å². The first-order valence-corrected chi connectivity index (χ1v) is 8.70. The van der Waals surface area contributed by atoms with Crippen molar-refractivity contribution >= 4 is 11.7 Å². The maximum Gasteiger partial charge on any atom is 0.317 e. The summed E-state index contributed by atoms with van der Waals surface area (Å²) in [4.78, 5) is 16.4. The molecular weight excluding hydrogens is 309 g/mol. The summed E-state index contributed by atoms with van der Waals surface area (Å²) in [6.07, 6.45) is 1.20. The van der Waals surface area contributed by atoms with Crippen LogP contribution in [0.2, 0.25) is 0 Å². The molecule has 24 heavy (non-hydrogen) atoms. The Labute approximate surface area is 142 Å². The number of benzene rings is 1. The second-order valence-electron chi connectivity index (χ2n) is 6.93. The van der Waals surface area contributed by atoms with E-state index >= 15 is 0 Å². The number of rotatable bonds is 3. The molecule has 2 saturated heterocycles. The van der Waals surface area contributed by atoms with Crippen LogP contribution in [0.1, 0.15) is 20.3 Å². The summed E-state index contributed by atoms with van der Waals surface area (Å²) in [6.45, 7) is 7.78. The normalized spacial score (nSPS) is 27.4. The number of carbonyl (C=O) groups is 1. The summed E-state index contributed by atoms with van der Waals surface area (Å²) in [6, 6.07) is 6.60. The predicted octanol–water partition coefficient (Wildman–Crippen LogP) is 2.47. The third kappa shape index (κ3) is 4.17. The molecule has 132 valence electrons. The van der Waals surface area contributed by atoms with Crippen LogP contribution < -0.4 is 10.2 Å². The lowest BCUT2D eigenvalue weighted by Gasteiger charge is -2.35. The summed E-state index contributed by atoms with van der Waals surface area (Å²) < 4.78 is 18.7. The van der Waals surface area contributed by atoms with Crippen LogP contribution >= 0.6 is 0 Å². The van der Waals surface area contributed by atoms with E-state index in [1.807, 2.05) is 30.9 Å². The molecule has 1 N–H and O–H groups in total. The van der Waals surface area contributed by atoms with Gasteiger partial charge in [0.15, 0.2) is 0 Å². The zero-order valence-corrected chi connectivity index (χ0v) is 14.4. The average molecular weight is 335 g/mol. The highest BCUT2D eigenvalue weighted by molar-refractivity contribution is 5.74. The summed E-state index contributed by atoms with van der Waals surface area (Å²) in [5, 5.41) is 3.06. The smallest absolute Gasteiger partial charge is 0.317 e. The van der Waals surface area contributed by atoms with Crippen molar-refractivity contribution in [3.63, 3.8) is 0 Å². The number of urea groups is 1. The zero-order valence-electron chi connectivity index (χ0n) is 14.4. The maximum atomic E-state index is 13.0. The lowest BCUT2D eigenvalue weighted by molar-refractivity contribution is -0.0545. The Bertz CT molecular complexity index is 556. The molecule has 2 fully saturated rings. The van der Waals surface area contributed by atoms with Crippen LogP contribution in [0.15, 0.2) is 24.3 Å². The number of hydrogen-bond donors (Lipinski definition) is 1. The minimum Gasteiger partial charge on any atom is -0.372 e. The Morgan fingerprint density at radius 3 is 2.54 bits per heavy atom. The molecule has 5 nitrogen and oxygen atoms in total. The van der Waals surface area contributed by atoms with Gasteiger partial charge in [0, 0.05) is 38.4 Å². The van der Waals surface area contributed by atoms with Gasteiger partial charge >= 0.3 is 6.03 Å². The summed E-state index contributed by atoms with van der Waals surface area (Å²) in [7, 11) is 0. The molecule has 0 bridgehead atoms. The SMILES string of the molecule is C[C@@H]1CN(C(=O)NC[C@H]2CCN(c3ccc(F)cc3)C2)C[C@@H](C)O1. The first kappa shape index (κ1) is 17.0.